The Hall–Kier alpha value is -6.25. The first kappa shape index (κ1) is 54.7. The molecule has 6 heterocycles. The molecule has 11 rings (SSSR count). The summed E-state index contributed by atoms with van der Waals surface area (Å²) in [6.07, 6.45) is 5.57. The zero-order valence-electron chi connectivity index (χ0n) is 48.6. The first-order chi connectivity index (χ1) is 37.3. The zero-order valence-corrected chi connectivity index (χ0v) is 48.6. The lowest BCUT2D eigenvalue weighted by molar-refractivity contribution is 0.250. The molecule has 8 aromatic rings. The van der Waals surface area contributed by atoms with Crippen LogP contribution in [-0.2, 0) is 32.8 Å². The highest BCUT2D eigenvalue weighted by molar-refractivity contribution is 6.84. The van der Waals surface area contributed by atoms with E-state index in [4.69, 9.17) is 42.1 Å². The highest BCUT2D eigenvalue weighted by Crippen LogP contribution is 2.47. The van der Waals surface area contributed by atoms with Crippen LogP contribution < -0.4 is 25.5 Å². The van der Waals surface area contributed by atoms with E-state index in [1.807, 2.05) is 24.5 Å². The second-order valence-electron chi connectivity index (χ2n) is 26.8. The third kappa shape index (κ3) is 10.9. The van der Waals surface area contributed by atoms with Crippen LogP contribution in [0.4, 0.5) is 22.7 Å². The average Bonchev–Trinajstić information content (AvgIpc) is 4.11. The van der Waals surface area contributed by atoms with Crippen LogP contribution in [0.5, 0.6) is 11.5 Å². The van der Waals surface area contributed by atoms with Gasteiger partial charge in [-0.25, -0.2) is 4.98 Å². The molecule has 0 spiro atoms. The third-order valence-electron chi connectivity index (χ3n) is 14.9. The fraction of sp³-hybridized carbons (Fsp3) is 0.344. The molecule has 2 saturated heterocycles. The minimum Gasteiger partial charge on any atom is -0.456 e. The number of aromatic nitrogens is 3. The summed E-state index contributed by atoms with van der Waals surface area (Å²) >= 11 is 0. The maximum atomic E-state index is 6.92. The number of pyridine rings is 2. The number of rotatable bonds is 8. The second-order valence-corrected chi connectivity index (χ2v) is 26.8. The number of anilines is 4. The fourth-order valence-electron chi connectivity index (χ4n) is 10.6. The van der Waals surface area contributed by atoms with Crippen molar-refractivity contribution in [3.63, 3.8) is 0 Å². The van der Waals surface area contributed by atoms with Crippen molar-refractivity contribution >= 4 is 98.2 Å². The average molecular weight is 1050 g/mol. The van der Waals surface area contributed by atoms with Crippen molar-refractivity contribution in [3.8, 4) is 28.4 Å². The lowest BCUT2D eigenvalue weighted by atomic mass is 9.49. The van der Waals surface area contributed by atoms with Crippen molar-refractivity contribution in [2.24, 2.45) is 0 Å². The normalized spacial score (nSPS) is 16.0. The van der Waals surface area contributed by atoms with E-state index >= 15 is 0 Å². The van der Waals surface area contributed by atoms with Gasteiger partial charge in [0.05, 0.1) is 40.5 Å². The monoisotopic (exact) mass is 1050 g/mol. The fourth-order valence-corrected chi connectivity index (χ4v) is 10.6. The van der Waals surface area contributed by atoms with E-state index in [0.29, 0.717) is 18.2 Å². The molecule has 3 aromatic heterocycles. The molecule has 0 saturated carbocycles. The van der Waals surface area contributed by atoms with Gasteiger partial charge in [0.25, 0.3) is 0 Å². The number of hydrogen-bond donors (Lipinski definition) is 0. The highest BCUT2D eigenvalue weighted by Gasteiger charge is 2.55. The quantitative estimate of drug-likeness (QED) is 0.136. The molecular weight excluding hydrogens is 980 g/mol. The number of para-hydroxylation sites is 3. The zero-order chi connectivity index (χ0) is 56.0. The molecule has 0 atom stereocenters. The number of ether oxygens (including phenoxy) is 1. The van der Waals surface area contributed by atoms with E-state index in [-0.39, 0.29) is 26.7 Å². The Bertz CT molecular complexity index is 3440. The second kappa shape index (κ2) is 20.4. The molecule has 3 aliphatic heterocycles. The van der Waals surface area contributed by atoms with Gasteiger partial charge < -0.3 is 42.0 Å². The highest BCUT2D eigenvalue weighted by atomic mass is 16.7. The molecule has 0 radical (unpaired) electrons. The molecule has 400 valence electrons. The van der Waals surface area contributed by atoms with Gasteiger partial charge in [-0.2, -0.15) is 0 Å². The summed E-state index contributed by atoms with van der Waals surface area (Å²) < 4.78 is 50.0. The Labute approximate surface area is 469 Å². The van der Waals surface area contributed by atoms with Gasteiger partial charge in [-0.1, -0.05) is 171 Å². The Morgan fingerprint density at radius 3 is 1.61 bits per heavy atom. The van der Waals surface area contributed by atoms with E-state index in [2.05, 4.69) is 233 Å². The van der Waals surface area contributed by atoms with E-state index in [1.165, 1.54) is 5.56 Å². The standard InChI is InChI=1S/C61H71B6N5O7/c1-57(2,3)43-32-33-69-55(35-43)72-51-31-28-42(41-22-17-16-18-23-41)34-48(51)47-30-29-45(37-54(47)72)73-46-36-44(38-68-39-46)70-40-71(53-27-20-19-26-52(53)70)56-49(62-74-64(58(4,5)6)78-65(75-62)59(7,8)9)24-21-25-50(56)63-76-66(60(10,11)12)79-67(77-63)61(13,14)15/h16-39H,40H2,1-15H3. The summed E-state index contributed by atoms with van der Waals surface area (Å²) in [6.45, 7) is 32.6. The Morgan fingerprint density at radius 2 is 1.04 bits per heavy atom. The van der Waals surface area contributed by atoms with E-state index in [0.717, 1.165) is 72.4 Å². The molecule has 5 aromatic carbocycles. The molecule has 18 heteroatoms. The molecule has 0 unspecified atom stereocenters. The molecule has 12 nitrogen and oxygen atoms in total. The van der Waals surface area contributed by atoms with Crippen LogP contribution >= 0.6 is 0 Å². The van der Waals surface area contributed by atoms with E-state index in [1.54, 1.807) is 6.20 Å². The van der Waals surface area contributed by atoms with Gasteiger partial charge in [0.1, 0.15) is 24.0 Å². The Kier molecular flexibility index (Phi) is 14.1. The number of benzene rings is 5. The van der Waals surface area contributed by atoms with Gasteiger partial charge in [0, 0.05) is 45.7 Å². The van der Waals surface area contributed by atoms with Crippen molar-refractivity contribution < 1.29 is 32.2 Å². The lowest BCUT2D eigenvalue weighted by Crippen LogP contribution is -2.62. The van der Waals surface area contributed by atoms with Crippen LogP contribution in [0.1, 0.15) is 109 Å². The summed E-state index contributed by atoms with van der Waals surface area (Å²) in [4.78, 5) is 14.4. The van der Waals surface area contributed by atoms with Gasteiger partial charge in [0.15, 0.2) is 0 Å². The topological polar surface area (TPSA) is 102 Å². The van der Waals surface area contributed by atoms with E-state index < -0.39 is 42.7 Å². The van der Waals surface area contributed by atoms with Crippen LogP contribution in [0.3, 0.4) is 0 Å². The maximum absolute atomic E-state index is 6.92. The van der Waals surface area contributed by atoms with Gasteiger partial charge >= 0.3 is 42.7 Å². The molecule has 0 amide bonds. The van der Waals surface area contributed by atoms with Crippen LogP contribution in [-0.4, -0.2) is 63.9 Å². The van der Waals surface area contributed by atoms with Crippen LogP contribution in [0, 0.1) is 0 Å². The lowest BCUT2D eigenvalue weighted by Gasteiger charge is -2.43. The van der Waals surface area contributed by atoms with Crippen molar-refractivity contribution in [2.75, 3.05) is 16.5 Å². The van der Waals surface area contributed by atoms with Crippen molar-refractivity contribution in [2.45, 2.75) is 131 Å². The Morgan fingerprint density at radius 1 is 0.468 bits per heavy atom. The van der Waals surface area contributed by atoms with Gasteiger partial charge in [-0.05, 0) is 91.9 Å². The molecule has 0 bridgehead atoms. The maximum Gasteiger partial charge on any atom is 0.468 e. The SMILES string of the molecule is CC(C)(C)B1OB(c2cccc(B3OB(C(C)(C)C)OB(C(C)(C)C)O3)c2N2CN(c3cncc(Oc4ccc5c6cc(-c7ccccc7)ccc6n(-c6cc(C(C)(C)C)ccn6)c5c4)c3)c3ccccc32)OB(C(C)(C)C)O1. The minimum atomic E-state index is -0.811. The van der Waals surface area contributed by atoms with Gasteiger partial charge in [-0.3, -0.25) is 9.55 Å². The predicted molar refractivity (Wildman–Crippen MR) is 328 cm³/mol. The minimum absolute atomic E-state index is 0.0694. The summed E-state index contributed by atoms with van der Waals surface area (Å²) in [5.41, 5.74) is 10.8. The van der Waals surface area contributed by atoms with Crippen molar-refractivity contribution in [3.05, 3.63) is 152 Å². The van der Waals surface area contributed by atoms with E-state index in [9.17, 15) is 0 Å². The molecule has 0 N–H and O–H groups in total. The summed E-state index contributed by atoms with van der Waals surface area (Å²) in [5, 5.41) is 0.784. The largest absolute Gasteiger partial charge is 0.468 e. The third-order valence-corrected chi connectivity index (χ3v) is 14.9. The van der Waals surface area contributed by atoms with Crippen LogP contribution in [0.15, 0.2) is 146 Å². The molecule has 3 aliphatic rings. The first-order valence-electron chi connectivity index (χ1n) is 27.7. The summed E-state index contributed by atoms with van der Waals surface area (Å²) in [5.74, 6) is 2.11. The van der Waals surface area contributed by atoms with Crippen molar-refractivity contribution in [1.29, 1.82) is 0 Å². The Balaban J connectivity index is 0.993. The number of fused-ring (bicyclic) bond motifs is 4. The summed E-state index contributed by atoms with van der Waals surface area (Å²) in [6, 6.07) is 44.5. The molecule has 2 fully saturated rings. The number of hydrogen-bond acceptors (Lipinski definition) is 11. The molecular formula is C61H71B6N5O7. The molecule has 0 aliphatic carbocycles. The summed E-state index contributed by atoms with van der Waals surface area (Å²) in [7, 11) is -3.89. The van der Waals surface area contributed by atoms with Gasteiger partial charge in [0.2, 0.25) is 0 Å². The first-order valence-corrected chi connectivity index (χ1v) is 27.7. The smallest absolute Gasteiger partial charge is 0.456 e. The molecule has 79 heavy (non-hydrogen) atoms. The van der Waals surface area contributed by atoms with Crippen molar-refractivity contribution in [1.82, 2.24) is 14.5 Å². The van der Waals surface area contributed by atoms with Crippen LogP contribution in [0.2, 0.25) is 21.3 Å². The predicted octanol–water partition coefficient (Wildman–Crippen LogP) is 14.2. The van der Waals surface area contributed by atoms with Crippen LogP contribution in [0.25, 0.3) is 38.8 Å². The van der Waals surface area contributed by atoms with Gasteiger partial charge in [-0.15, -0.1) is 0 Å². The number of nitrogens with zero attached hydrogens (tertiary/aromatic N) is 5.